The van der Waals surface area contributed by atoms with Crippen molar-refractivity contribution in [2.75, 3.05) is 6.54 Å². The molecule has 2 nitrogen and oxygen atoms in total. The van der Waals surface area contributed by atoms with Gasteiger partial charge in [-0.3, -0.25) is 0 Å². The largest absolute Gasteiger partial charge is 0.330 e. The highest BCUT2D eigenvalue weighted by Gasteiger charge is 2.35. The number of hydrogen-bond donors (Lipinski definition) is 1. The normalized spacial score (nSPS) is 30.5. The van der Waals surface area contributed by atoms with E-state index < -0.39 is 0 Å². The average Bonchev–Trinajstić information content (AvgIpc) is 2.82. The average molecular weight is 238 g/mol. The van der Waals surface area contributed by atoms with Crippen molar-refractivity contribution >= 4 is 11.3 Å². The molecular weight excluding hydrogens is 216 g/mol. The minimum Gasteiger partial charge on any atom is -0.330 e. The van der Waals surface area contributed by atoms with Crippen LogP contribution in [0.25, 0.3) is 0 Å². The summed E-state index contributed by atoms with van der Waals surface area (Å²) in [5.41, 5.74) is 9.56. The first-order valence-electron chi connectivity index (χ1n) is 6.35. The molecule has 16 heavy (non-hydrogen) atoms. The van der Waals surface area contributed by atoms with Gasteiger partial charge in [-0.05, 0) is 37.1 Å². The Morgan fingerprint density at radius 2 is 2.50 bits per heavy atom. The van der Waals surface area contributed by atoms with Crippen molar-refractivity contribution in [2.45, 2.75) is 45.4 Å². The lowest BCUT2D eigenvalue weighted by molar-refractivity contribution is 0.141. The maximum Gasteiger partial charge on any atom is 0.0794 e. The number of aromatic nitrogens is 1. The lowest BCUT2D eigenvalue weighted by Crippen LogP contribution is -2.37. The van der Waals surface area contributed by atoms with Crippen LogP contribution < -0.4 is 5.73 Å². The Kier molecular flexibility index (Phi) is 3.98. The summed E-state index contributed by atoms with van der Waals surface area (Å²) in [5, 5.41) is 2.17. The fourth-order valence-corrected chi connectivity index (χ4v) is 3.62. The molecular formula is C13H22N2S. The van der Waals surface area contributed by atoms with Gasteiger partial charge in [0.1, 0.15) is 0 Å². The van der Waals surface area contributed by atoms with E-state index in [1.165, 1.54) is 37.8 Å². The molecule has 1 fully saturated rings. The van der Waals surface area contributed by atoms with E-state index in [-0.39, 0.29) is 0 Å². The second-order valence-corrected chi connectivity index (χ2v) is 5.95. The Morgan fingerprint density at radius 3 is 3.12 bits per heavy atom. The van der Waals surface area contributed by atoms with Gasteiger partial charge in [-0.2, -0.15) is 0 Å². The molecule has 0 bridgehead atoms. The van der Waals surface area contributed by atoms with Gasteiger partial charge in [0.15, 0.2) is 0 Å². The Morgan fingerprint density at radius 1 is 1.62 bits per heavy atom. The minimum atomic E-state index is 0.340. The van der Waals surface area contributed by atoms with Crippen LogP contribution in [0.2, 0.25) is 0 Å². The highest BCUT2D eigenvalue weighted by Crippen LogP contribution is 2.42. The van der Waals surface area contributed by atoms with Crippen LogP contribution in [0.15, 0.2) is 10.9 Å². The number of rotatable bonds is 4. The summed E-state index contributed by atoms with van der Waals surface area (Å²) in [6, 6.07) is 0. The van der Waals surface area contributed by atoms with Gasteiger partial charge < -0.3 is 5.73 Å². The second-order valence-electron chi connectivity index (χ2n) is 5.23. The van der Waals surface area contributed by atoms with Crippen LogP contribution in [-0.2, 0) is 6.42 Å². The maximum atomic E-state index is 6.05. The first kappa shape index (κ1) is 12.1. The fourth-order valence-electron chi connectivity index (χ4n) is 3.06. The van der Waals surface area contributed by atoms with E-state index in [1.54, 1.807) is 11.3 Å². The van der Waals surface area contributed by atoms with E-state index in [4.69, 9.17) is 5.73 Å². The highest BCUT2D eigenvalue weighted by atomic mass is 32.1. The van der Waals surface area contributed by atoms with Crippen LogP contribution in [0.5, 0.6) is 0 Å². The maximum absolute atomic E-state index is 6.05. The number of nitrogens with two attached hydrogens (primary N) is 1. The quantitative estimate of drug-likeness (QED) is 0.874. The topological polar surface area (TPSA) is 38.9 Å². The van der Waals surface area contributed by atoms with Gasteiger partial charge in [-0.25, -0.2) is 4.98 Å². The SMILES string of the molecule is CCC1CCCC(CN)(Cc2cscn2)C1. The first-order valence-corrected chi connectivity index (χ1v) is 7.29. The van der Waals surface area contributed by atoms with Gasteiger partial charge in [-0.15, -0.1) is 11.3 Å². The molecule has 2 rings (SSSR count). The van der Waals surface area contributed by atoms with Crippen molar-refractivity contribution in [3.63, 3.8) is 0 Å². The molecule has 2 unspecified atom stereocenters. The molecule has 1 heterocycles. The smallest absolute Gasteiger partial charge is 0.0794 e. The van der Waals surface area contributed by atoms with Crippen molar-refractivity contribution in [2.24, 2.45) is 17.1 Å². The zero-order chi connectivity index (χ0) is 11.4. The minimum absolute atomic E-state index is 0.340. The molecule has 0 saturated heterocycles. The lowest BCUT2D eigenvalue weighted by atomic mass is 9.67. The highest BCUT2D eigenvalue weighted by molar-refractivity contribution is 7.07. The third-order valence-electron chi connectivity index (χ3n) is 4.09. The number of hydrogen-bond acceptors (Lipinski definition) is 3. The Balaban J connectivity index is 2.06. The van der Waals surface area contributed by atoms with Crippen molar-refractivity contribution in [3.05, 3.63) is 16.6 Å². The molecule has 0 spiro atoms. The summed E-state index contributed by atoms with van der Waals surface area (Å²) in [4.78, 5) is 4.42. The van der Waals surface area contributed by atoms with Crippen LogP contribution in [0.3, 0.4) is 0 Å². The van der Waals surface area contributed by atoms with Gasteiger partial charge in [0.05, 0.1) is 11.2 Å². The Bertz CT molecular complexity index is 310. The predicted octanol–water partition coefficient (Wildman–Crippen LogP) is 3.23. The molecule has 3 heteroatoms. The zero-order valence-corrected chi connectivity index (χ0v) is 10.9. The first-order chi connectivity index (χ1) is 7.78. The van der Waals surface area contributed by atoms with Crippen LogP contribution >= 0.6 is 11.3 Å². The van der Waals surface area contributed by atoms with Crippen LogP contribution in [0, 0.1) is 11.3 Å². The van der Waals surface area contributed by atoms with E-state index in [9.17, 15) is 0 Å². The van der Waals surface area contributed by atoms with Crippen LogP contribution in [-0.4, -0.2) is 11.5 Å². The summed E-state index contributed by atoms with van der Waals surface area (Å²) < 4.78 is 0. The number of nitrogens with zero attached hydrogens (tertiary/aromatic N) is 1. The van der Waals surface area contributed by atoms with Gasteiger partial charge >= 0.3 is 0 Å². The van der Waals surface area contributed by atoms with E-state index >= 15 is 0 Å². The standard InChI is InChI=1S/C13H22N2S/c1-2-11-4-3-5-13(6-11,9-14)7-12-8-16-10-15-12/h8,10-11H,2-7,9,14H2,1H3. The molecule has 0 amide bonds. The molecule has 1 aromatic rings. The lowest BCUT2D eigenvalue weighted by Gasteiger charge is -2.40. The fraction of sp³-hybridized carbons (Fsp3) is 0.769. The van der Waals surface area contributed by atoms with Crippen LogP contribution in [0.4, 0.5) is 0 Å². The zero-order valence-electron chi connectivity index (χ0n) is 10.1. The van der Waals surface area contributed by atoms with Crippen molar-refractivity contribution < 1.29 is 0 Å². The third kappa shape index (κ3) is 2.64. The Hall–Kier alpha value is -0.410. The summed E-state index contributed by atoms with van der Waals surface area (Å²) in [6.45, 7) is 3.13. The summed E-state index contributed by atoms with van der Waals surface area (Å²) in [7, 11) is 0. The van der Waals surface area contributed by atoms with Crippen molar-refractivity contribution in [1.29, 1.82) is 0 Å². The molecule has 90 valence electrons. The van der Waals surface area contributed by atoms with Crippen LogP contribution in [0.1, 0.15) is 44.7 Å². The second kappa shape index (κ2) is 5.28. The summed E-state index contributed by atoms with van der Waals surface area (Å²) in [6.07, 6.45) is 7.73. The third-order valence-corrected chi connectivity index (χ3v) is 4.73. The monoisotopic (exact) mass is 238 g/mol. The summed E-state index contributed by atoms with van der Waals surface area (Å²) >= 11 is 1.69. The van der Waals surface area contributed by atoms with Crippen molar-refractivity contribution in [3.8, 4) is 0 Å². The van der Waals surface area contributed by atoms with E-state index in [0.29, 0.717) is 5.41 Å². The molecule has 2 N–H and O–H groups in total. The van der Waals surface area contributed by atoms with Gasteiger partial charge in [0.2, 0.25) is 0 Å². The molecule has 1 aliphatic carbocycles. The van der Waals surface area contributed by atoms with Crippen molar-refractivity contribution in [1.82, 2.24) is 4.98 Å². The molecule has 0 aliphatic heterocycles. The Labute approximate surface area is 102 Å². The van der Waals surface area contributed by atoms with Gasteiger partial charge in [-0.1, -0.05) is 26.2 Å². The molecule has 1 aliphatic rings. The van der Waals surface area contributed by atoms with Gasteiger partial charge in [0.25, 0.3) is 0 Å². The van der Waals surface area contributed by atoms with E-state index in [1.807, 2.05) is 5.51 Å². The van der Waals surface area contributed by atoms with E-state index in [0.717, 1.165) is 18.9 Å². The van der Waals surface area contributed by atoms with E-state index in [2.05, 4.69) is 17.3 Å². The molecule has 0 radical (unpaired) electrons. The molecule has 1 aromatic heterocycles. The summed E-state index contributed by atoms with van der Waals surface area (Å²) in [5.74, 6) is 0.885. The van der Waals surface area contributed by atoms with Gasteiger partial charge in [0, 0.05) is 5.38 Å². The predicted molar refractivity (Wildman–Crippen MR) is 69.6 cm³/mol. The molecule has 0 aromatic carbocycles. The molecule has 1 saturated carbocycles. The number of thiazole rings is 1. The molecule has 2 atom stereocenters.